The van der Waals surface area contributed by atoms with E-state index in [0.29, 0.717) is 45.1 Å². The van der Waals surface area contributed by atoms with Gasteiger partial charge in [-0.2, -0.15) is 0 Å². The van der Waals surface area contributed by atoms with E-state index in [9.17, 15) is 77.0 Å². The number of carboxylic acids is 1. The topological polar surface area (TPSA) is 570 Å². The summed E-state index contributed by atoms with van der Waals surface area (Å²) in [5, 5.41) is 27.8. The molecule has 0 radical (unpaired) electrons. The Morgan fingerprint density at radius 3 is 0.845 bits per heavy atom. The van der Waals surface area contributed by atoms with E-state index < -0.39 is 175 Å². The summed E-state index contributed by atoms with van der Waals surface area (Å²) >= 11 is 0. The molecule has 3 heterocycles. The highest BCUT2D eigenvalue weighted by Crippen LogP contribution is 2.31. The van der Waals surface area contributed by atoms with Crippen molar-refractivity contribution in [3.63, 3.8) is 0 Å². The number of ether oxygens (including phenoxy) is 24. The average Bonchev–Trinajstić information content (AvgIpc) is 0.823. The number of carboxylic acid groups (broad SMARTS) is 1. The normalized spacial score (nSPS) is 19.7. The Morgan fingerprint density at radius 1 is 0.277 bits per heavy atom. The Kier molecular flexibility index (Phi) is 78.4. The minimum Gasteiger partial charge on any atom is -0.480 e. The molecule has 3 aliphatic heterocycles. The molecule has 15 atom stereocenters. The van der Waals surface area contributed by atoms with Gasteiger partial charge in [-0.05, 0) is 64.2 Å². The van der Waals surface area contributed by atoms with Crippen LogP contribution in [0.3, 0.4) is 0 Å². The maximum Gasteiger partial charge on any atom is 0.326 e. The molecule has 3 rings (SSSR count). The van der Waals surface area contributed by atoms with E-state index in [1.165, 1.54) is 171 Å². The van der Waals surface area contributed by atoms with Crippen LogP contribution in [0, 0.1) is 0 Å². The second kappa shape index (κ2) is 86.9. The Morgan fingerprint density at radius 2 is 0.541 bits per heavy atom. The minimum atomic E-state index is -1.36. The highest BCUT2D eigenvalue weighted by atomic mass is 16.7. The van der Waals surface area contributed by atoms with Gasteiger partial charge in [0.05, 0.1) is 132 Å². The van der Waals surface area contributed by atoms with Gasteiger partial charge in [-0.25, -0.2) is 4.79 Å². The first kappa shape index (κ1) is 134. The van der Waals surface area contributed by atoms with Gasteiger partial charge in [0.25, 0.3) is 0 Å². The number of carbonyl (C=O) groups excluding carboxylic acids is 14. The minimum absolute atomic E-state index is 0.0116. The van der Waals surface area contributed by atoms with Gasteiger partial charge in [-0.1, -0.05) is 135 Å². The van der Waals surface area contributed by atoms with Crippen molar-refractivity contribution in [3.8, 4) is 0 Å². The molecule has 0 spiro atoms. The molecule has 0 aromatic carbocycles. The van der Waals surface area contributed by atoms with E-state index in [2.05, 4.69) is 38.8 Å². The fourth-order valence-electron chi connectivity index (χ4n) is 16.2. The standard InChI is InChI=1S/C102H176N6O40/c1-11-12-13-14-15-16-17-18-19-20-21-22-23-24-25-26-27-28-29-30-31-41-91(118)104-42-37-34-40-84(102(123)124)108-101(122)83(39-33-36-44-106-93(120)72-133-58-56-128-51-54-131-61-64-136-96-67-87(142-78(7)114)99(145-81(10)117)90(148-96)70-139-75(4)111)107-100(121)82(103-45-46-125-47-48-126-49-52-129-59-62-134-94-65-85(140-76(5)112)97(143-79(8)115)88(146-94)68-137-73(2)109)38-32-35-43-105-92(119)71-132-57-55-127-50-53-130-60-63-135-95-66-86(141-77(6)113)98(144-80(9)116)89(147-95)69-138-74(3)110/h82-90,94-99,103H,11-72H2,1-10H3,(H,104,118)(H,105,119)(H,106,120)(H,107,121)(H,108,122)(H,123,124). The number of nitrogens with one attached hydrogen (secondary N) is 6. The van der Waals surface area contributed by atoms with Gasteiger partial charge in [-0.15, -0.1) is 0 Å². The van der Waals surface area contributed by atoms with Crippen LogP contribution in [0.25, 0.3) is 0 Å². The second-order valence-electron chi connectivity index (χ2n) is 36.4. The van der Waals surface area contributed by atoms with Crippen LogP contribution in [0.4, 0.5) is 0 Å². The fraction of sp³-hybridized carbons (Fsp3) is 0.853. The molecule has 3 aliphatic rings. The highest BCUT2D eigenvalue weighted by Gasteiger charge is 2.48. The third kappa shape index (κ3) is 71.3. The van der Waals surface area contributed by atoms with Crippen LogP contribution >= 0.6 is 0 Å². The van der Waals surface area contributed by atoms with E-state index in [1.54, 1.807) is 0 Å². The summed E-state index contributed by atoms with van der Waals surface area (Å²) in [5.74, 6) is -9.22. The molecule has 0 aromatic rings. The molecule has 5 amide bonds. The summed E-state index contributed by atoms with van der Waals surface area (Å²) < 4.78 is 134. The molecule has 3 fully saturated rings. The smallest absolute Gasteiger partial charge is 0.326 e. The number of unbranched alkanes of at least 4 members (excludes halogenated alkanes) is 23. The van der Waals surface area contributed by atoms with Gasteiger partial charge in [0.2, 0.25) is 29.5 Å². The van der Waals surface area contributed by atoms with E-state index in [1.807, 2.05) is 0 Å². The summed E-state index contributed by atoms with van der Waals surface area (Å²) in [7, 11) is 0. The van der Waals surface area contributed by atoms with Crippen LogP contribution < -0.4 is 31.9 Å². The maximum absolute atomic E-state index is 14.6. The zero-order chi connectivity index (χ0) is 108. The van der Waals surface area contributed by atoms with Crippen LogP contribution in [-0.4, -0.2) is 371 Å². The number of esters is 9. The lowest BCUT2D eigenvalue weighted by Gasteiger charge is -2.39. The van der Waals surface area contributed by atoms with Crippen molar-refractivity contribution in [2.75, 3.05) is 185 Å². The Labute approximate surface area is 872 Å². The Hall–Kier alpha value is -8.59. The molecular weight excluding hydrogens is 1950 g/mol. The lowest BCUT2D eigenvalue weighted by molar-refractivity contribution is -0.267. The zero-order valence-corrected chi connectivity index (χ0v) is 89.4. The van der Waals surface area contributed by atoms with Crippen LogP contribution in [-0.2, 0) is 186 Å². The first-order valence-corrected chi connectivity index (χ1v) is 53.1. The van der Waals surface area contributed by atoms with E-state index in [4.69, 9.17) is 114 Å². The highest BCUT2D eigenvalue weighted by molar-refractivity contribution is 5.92. The average molecular weight is 2130 g/mol. The lowest BCUT2D eigenvalue weighted by Crippen LogP contribution is -2.55. The number of aliphatic carboxylic acids is 1. The summed E-state index contributed by atoms with van der Waals surface area (Å²) in [6, 6.07) is -3.57. The van der Waals surface area contributed by atoms with Gasteiger partial charge < -0.3 is 151 Å². The molecule has 15 unspecified atom stereocenters. The Bertz CT molecular complexity index is 3650. The summed E-state index contributed by atoms with van der Waals surface area (Å²) in [4.78, 5) is 187. The number of rotatable bonds is 92. The number of carbonyl (C=O) groups is 15. The molecule has 0 aliphatic carbocycles. The van der Waals surface area contributed by atoms with Crippen LogP contribution in [0.5, 0.6) is 0 Å². The van der Waals surface area contributed by atoms with Gasteiger partial charge in [-0.3, -0.25) is 67.1 Å². The number of amides is 5. The fourth-order valence-corrected chi connectivity index (χ4v) is 16.2. The summed E-state index contributed by atoms with van der Waals surface area (Å²) in [6.07, 6.45) is 17.7. The molecule has 3 saturated heterocycles. The van der Waals surface area contributed by atoms with Gasteiger partial charge in [0, 0.05) is 114 Å². The molecular formula is C102H176N6O40. The van der Waals surface area contributed by atoms with Crippen molar-refractivity contribution in [2.24, 2.45) is 0 Å². The van der Waals surface area contributed by atoms with Crippen molar-refractivity contribution in [1.82, 2.24) is 31.9 Å². The van der Waals surface area contributed by atoms with Crippen LogP contribution in [0.15, 0.2) is 0 Å². The van der Waals surface area contributed by atoms with Crippen molar-refractivity contribution in [2.45, 2.75) is 379 Å². The second-order valence-corrected chi connectivity index (χ2v) is 36.4. The van der Waals surface area contributed by atoms with Crippen LogP contribution in [0.1, 0.15) is 288 Å². The number of hydrogen-bond acceptors (Lipinski definition) is 40. The predicted molar refractivity (Wildman–Crippen MR) is 529 cm³/mol. The van der Waals surface area contributed by atoms with E-state index in [0.717, 1.165) is 25.7 Å². The van der Waals surface area contributed by atoms with Gasteiger partial charge in [0.1, 0.15) is 81.7 Å². The third-order valence-electron chi connectivity index (χ3n) is 23.4. The number of hydrogen-bond donors (Lipinski definition) is 7. The quantitative estimate of drug-likeness (QED) is 0.0178. The van der Waals surface area contributed by atoms with Crippen molar-refractivity contribution in [1.29, 1.82) is 0 Å². The van der Waals surface area contributed by atoms with Crippen LogP contribution in [0.2, 0.25) is 0 Å². The first-order chi connectivity index (χ1) is 71.3. The molecule has 148 heavy (non-hydrogen) atoms. The largest absolute Gasteiger partial charge is 0.480 e. The van der Waals surface area contributed by atoms with Crippen molar-refractivity contribution in [3.05, 3.63) is 0 Å². The molecule has 46 heteroatoms. The molecule has 0 saturated carbocycles. The molecule has 7 N–H and O–H groups in total. The predicted octanol–water partition coefficient (Wildman–Crippen LogP) is 7.28. The molecule has 0 bridgehead atoms. The van der Waals surface area contributed by atoms with Gasteiger partial charge >= 0.3 is 59.7 Å². The zero-order valence-electron chi connectivity index (χ0n) is 89.4. The molecule has 854 valence electrons. The molecule has 0 aromatic heterocycles. The van der Waals surface area contributed by atoms with Crippen molar-refractivity contribution < 1.29 is 191 Å². The Balaban J connectivity index is 1.60. The summed E-state index contributed by atoms with van der Waals surface area (Å²) in [6.45, 7) is 14.7. The summed E-state index contributed by atoms with van der Waals surface area (Å²) in [5.41, 5.74) is 0. The van der Waals surface area contributed by atoms with Gasteiger partial charge in [0.15, 0.2) is 37.2 Å². The lowest BCUT2D eigenvalue weighted by atomic mass is 10.0. The SMILES string of the molecule is CCCCCCCCCCCCCCCCCCCCCCCC(=O)NCCCCC(NC(=O)C(CCCCNC(=O)COCCOCCOCCOC1CC(OC(C)=O)C(OC(C)=O)C(COC(C)=O)O1)NC(=O)C(CCCCNC(=O)COCCOCCOCCOC1CC(OC(C)=O)C(OC(C)=O)C(COC(C)=O)O1)NCCOCCOCCOCCOC1CC(OC(C)=O)C(OC(C)=O)C(COC(C)=O)O1)C(=O)O. The third-order valence-corrected chi connectivity index (χ3v) is 23.4. The van der Waals surface area contributed by atoms with E-state index >= 15 is 0 Å². The maximum atomic E-state index is 14.6. The monoisotopic (exact) mass is 2130 g/mol. The van der Waals surface area contributed by atoms with Crippen molar-refractivity contribution >= 4 is 89.2 Å². The van der Waals surface area contributed by atoms with E-state index in [-0.39, 0.29) is 229 Å². The first-order valence-electron chi connectivity index (χ1n) is 53.1. The molecule has 46 nitrogen and oxygen atoms in total.